The fourth-order valence-electron chi connectivity index (χ4n) is 6.13. The first-order chi connectivity index (χ1) is 16.8. The highest BCUT2D eigenvalue weighted by Crippen LogP contribution is 2.46. The number of alkyl carbamates (subject to hydrolysis) is 1. The second-order valence-corrected chi connectivity index (χ2v) is 12.4. The normalized spacial score (nSPS) is 31.3. The number of hydrogen-bond donors (Lipinski definition) is 2. The zero-order valence-electron chi connectivity index (χ0n) is 21.8. The summed E-state index contributed by atoms with van der Waals surface area (Å²) >= 11 is 0. The van der Waals surface area contributed by atoms with E-state index in [4.69, 9.17) is 9.47 Å². The lowest BCUT2D eigenvalue weighted by Crippen LogP contribution is -2.56. The third-order valence-corrected chi connectivity index (χ3v) is 7.87. The smallest absolute Gasteiger partial charge is 0.408 e. The van der Waals surface area contributed by atoms with Crippen LogP contribution in [0, 0.1) is 11.8 Å². The summed E-state index contributed by atoms with van der Waals surface area (Å²) in [7, 11) is 0. The van der Waals surface area contributed by atoms with E-state index in [1.807, 2.05) is 36.9 Å². The number of benzene rings is 1. The highest BCUT2D eigenvalue weighted by atomic mass is 16.6. The van der Waals surface area contributed by atoms with Crippen molar-refractivity contribution in [1.82, 2.24) is 15.5 Å². The molecule has 2 aliphatic heterocycles. The van der Waals surface area contributed by atoms with Crippen LogP contribution in [0.1, 0.15) is 69.8 Å². The van der Waals surface area contributed by atoms with Crippen molar-refractivity contribution in [2.75, 3.05) is 6.54 Å². The highest BCUT2D eigenvalue weighted by Gasteiger charge is 2.61. The van der Waals surface area contributed by atoms with Gasteiger partial charge in [0.15, 0.2) is 0 Å². The maximum absolute atomic E-state index is 13.5. The van der Waals surface area contributed by atoms with Gasteiger partial charge < -0.3 is 25.0 Å². The molecule has 36 heavy (non-hydrogen) atoms. The van der Waals surface area contributed by atoms with Crippen LogP contribution in [-0.2, 0) is 16.0 Å². The van der Waals surface area contributed by atoms with Crippen LogP contribution in [0.3, 0.4) is 0 Å². The average Bonchev–Trinajstić information content (AvgIpc) is 3.03. The van der Waals surface area contributed by atoms with Crippen molar-refractivity contribution in [1.29, 1.82) is 0 Å². The van der Waals surface area contributed by atoms with Gasteiger partial charge in [0.2, 0.25) is 5.91 Å². The van der Waals surface area contributed by atoms with Gasteiger partial charge in [0.05, 0.1) is 5.56 Å². The first-order valence-corrected chi connectivity index (χ1v) is 12.9. The van der Waals surface area contributed by atoms with Crippen molar-refractivity contribution in [3.05, 3.63) is 42.0 Å². The Morgan fingerprint density at radius 3 is 2.58 bits per heavy atom. The second kappa shape index (κ2) is 8.25. The third-order valence-electron chi connectivity index (χ3n) is 7.87. The van der Waals surface area contributed by atoms with Crippen molar-refractivity contribution >= 4 is 17.9 Å². The Kier molecular flexibility index (Phi) is 5.65. The largest absolute Gasteiger partial charge is 0.486 e. The summed E-state index contributed by atoms with van der Waals surface area (Å²) in [6, 6.07) is 5.84. The van der Waals surface area contributed by atoms with Crippen LogP contribution in [0.2, 0.25) is 0 Å². The van der Waals surface area contributed by atoms with Gasteiger partial charge in [-0.2, -0.15) is 0 Å². The number of nitrogens with one attached hydrogen (secondary N) is 2. The van der Waals surface area contributed by atoms with Crippen LogP contribution in [0.4, 0.5) is 4.79 Å². The van der Waals surface area contributed by atoms with E-state index in [1.165, 1.54) is 0 Å². The van der Waals surface area contributed by atoms with Crippen molar-refractivity contribution in [2.45, 2.75) is 89.1 Å². The number of hydrogen-bond acceptors (Lipinski definition) is 5. The summed E-state index contributed by atoms with van der Waals surface area (Å²) in [5.41, 5.74) is -0.285. The Labute approximate surface area is 212 Å². The fourth-order valence-corrected chi connectivity index (χ4v) is 6.13. The van der Waals surface area contributed by atoms with Crippen LogP contribution >= 0.6 is 0 Å². The molecular weight excluding hydrogens is 458 g/mol. The van der Waals surface area contributed by atoms with E-state index >= 15 is 0 Å². The van der Waals surface area contributed by atoms with Crippen molar-refractivity contribution in [3.63, 3.8) is 0 Å². The number of amides is 3. The monoisotopic (exact) mass is 495 g/mol. The van der Waals surface area contributed by atoms with E-state index < -0.39 is 17.2 Å². The minimum atomic E-state index is -1.02. The van der Waals surface area contributed by atoms with Crippen molar-refractivity contribution in [3.8, 4) is 5.75 Å². The zero-order valence-corrected chi connectivity index (χ0v) is 21.8. The number of fused-ring (bicyclic) bond motifs is 3. The molecule has 5 rings (SSSR count). The van der Waals surface area contributed by atoms with Crippen LogP contribution in [0.15, 0.2) is 30.9 Å². The van der Waals surface area contributed by atoms with Gasteiger partial charge >= 0.3 is 6.09 Å². The number of piperidine rings is 1. The van der Waals surface area contributed by atoms with Crippen molar-refractivity contribution in [2.24, 2.45) is 11.8 Å². The molecule has 194 valence electrons. The van der Waals surface area contributed by atoms with E-state index in [-0.39, 0.29) is 41.3 Å². The number of carbonyl (C=O) groups excluding carboxylic acids is 3. The quantitative estimate of drug-likeness (QED) is 0.609. The molecule has 0 spiro atoms. The van der Waals surface area contributed by atoms with E-state index in [1.54, 1.807) is 26.8 Å². The molecule has 2 N–H and O–H groups in total. The summed E-state index contributed by atoms with van der Waals surface area (Å²) in [6.07, 6.45) is 3.95. The van der Waals surface area contributed by atoms with Crippen LogP contribution < -0.4 is 15.4 Å². The molecule has 2 aliphatic carbocycles. The molecule has 1 saturated heterocycles. The van der Waals surface area contributed by atoms with Gasteiger partial charge in [0, 0.05) is 31.0 Å². The Balaban J connectivity index is 1.23. The number of rotatable bonds is 5. The molecule has 2 heterocycles. The first kappa shape index (κ1) is 24.7. The summed E-state index contributed by atoms with van der Waals surface area (Å²) in [5, 5.41) is 5.98. The summed E-state index contributed by atoms with van der Waals surface area (Å²) in [6.45, 7) is 13.8. The van der Waals surface area contributed by atoms with Gasteiger partial charge in [0.1, 0.15) is 22.5 Å². The standard InChI is InChI=1S/C28H37N3O5/c1-7-18-14-28(18,30-25(34)36-26(2,3)4)24(33)29-21-12-19-11-17(21)15-31(19)23(32)20-10-8-9-16-13-27(5,6)35-22(16)20/h7-10,17-19,21H,1,11-15H2,2-6H3,(H,29,33)(H,30,34)/t17-,18-,19-,21-,28-/m1/s1. The van der Waals surface area contributed by atoms with Gasteiger partial charge in [-0.25, -0.2) is 4.79 Å². The lowest BCUT2D eigenvalue weighted by Gasteiger charge is -2.33. The molecule has 3 amide bonds. The molecule has 0 unspecified atom stereocenters. The van der Waals surface area contributed by atoms with E-state index in [0.29, 0.717) is 30.7 Å². The number of nitrogens with zero attached hydrogens (tertiary/aromatic N) is 1. The SMILES string of the molecule is C=C[C@@H]1C[C@]1(NC(=O)OC(C)(C)C)C(=O)N[C@@H]1C[C@H]2C[C@@H]1CN2C(=O)c1cccc2c1OC(C)(C)C2. The van der Waals surface area contributed by atoms with Gasteiger partial charge in [-0.1, -0.05) is 18.2 Å². The maximum Gasteiger partial charge on any atom is 0.408 e. The molecule has 1 aromatic carbocycles. The van der Waals surface area contributed by atoms with E-state index in [9.17, 15) is 14.4 Å². The molecular formula is C28H37N3O5. The minimum Gasteiger partial charge on any atom is -0.486 e. The summed E-state index contributed by atoms with van der Waals surface area (Å²) in [4.78, 5) is 41.2. The van der Waals surface area contributed by atoms with Gasteiger partial charge in [-0.3, -0.25) is 9.59 Å². The molecule has 2 bridgehead atoms. The molecule has 3 fully saturated rings. The zero-order chi connectivity index (χ0) is 26.0. The molecule has 8 heteroatoms. The van der Waals surface area contributed by atoms with E-state index in [0.717, 1.165) is 18.4 Å². The van der Waals surface area contributed by atoms with Gasteiger partial charge in [-0.15, -0.1) is 6.58 Å². The lowest BCUT2D eigenvalue weighted by molar-refractivity contribution is -0.125. The summed E-state index contributed by atoms with van der Waals surface area (Å²) < 4.78 is 11.5. The van der Waals surface area contributed by atoms with Crippen LogP contribution in [0.5, 0.6) is 5.75 Å². The van der Waals surface area contributed by atoms with Gasteiger partial charge in [0.25, 0.3) is 5.91 Å². The topological polar surface area (TPSA) is 97.0 Å². The molecule has 2 saturated carbocycles. The molecule has 8 nitrogen and oxygen atoms in total. The number of carbonyl (C=O) groups is 3. The van der Waals surface area contributed by atoms with Crippen LogP contribution in [0.25, 0.3) is 0 Å². The second-order valence-electron chi connectivity index (χ2n) is 12.4. The third kappa shape index (κ3) is 4.35. The fraction of sp³-hybridized carbons (Fsp3) is 0.607. The molecule has 0 radical (unpaired) electrons. The molecule has 5 atom stereocenters. The Morgan fingerprint density at radius 2 is 1.97 bits per heavy atom. The Hall–Kier alpha value is -3.03. The highest BCUT2D eigenvalue weighted by molar-refractivity contribution is 5.98. The lowest BCUT2D eigenvalue weighted by atomic mass is 9.99. The number of para-hydroxylation sites is 1. The molecule has 1 aromatic rings. The molecule has 4 aliphatic rings. The van der Waals surface area contributed by atoms with Crippen LogP contribution in [-0.4, -0.2) is 58.2 Å². The maximum atomic E-state index is 13.5. The summed E-state index contributed by atoms with van der Waals surface area (Å²) in [5.74, 6) is 0.547. The minimum absolute atomic E-state index is 0.00111. The van der Waals surface area contributed by atoms with Gasteiger partial charge in [-0.05, 0) is 71.4 Å². The predicted molar refractivity (Wildman–Crippen MR) is 135 cm³/mol. The van der Waals surface area contributed by atoms with Crippen molar-refractivity contribution < 1.29 is 23.9 Å². The predicted octanol–water partition coefficient (Wildman–Crippen LogP) is 3.59. The number of ether oxygens (including phenoxy) is 2. The average molecular weight is 496 g/mol. The van der Waals surface area contributed by atoms with E-state index in [2.05, 4.69) is 17.2 Å². The first-order valence-electron chi connectivity index (χ1n) is 12.9. The molecule has 0 aromatic heterocycles. The Bertz CT molecular complexity index is 1120. The number of likely N-dealkylation sites (tertiary alicyclic amines) is 1. The Morgan fingerprint density at radius 1 is 1.22 bits per heavy atom.